The molecular formula is C53H40N2. The van der Waals surface area contributed by atoms with Gasteiger partial charge in [0.1, 0.15) is 0 Å². The van der Waals surface area contributed by atoms with Crippen LogP contribution < -0.4 is 9.80 Å². The van der Waals surface area contributed by atoms with Gasteiger partial charge >= 0.3 is 0 Å². The van der Waals surface area contributed by atoms with E-state index in [2.05, 4.69) is 230 Å². The smallest absolute Gasteiger partial charge is 0.0471 e. The summed E-state index contributed by atoms with van der Waals surface area (Å²) in [6.45, 7) is 4.79. The molecule has 2 heteroatoms. The molecule has 0 spiro atoms. The highest BCUT2D eigenvalue weighted by molar-refractivity contribution is 6.16. The molecule has 0 fully saturated rings. The highest BCUT2D eigenvalue weighted by atomic mass is 15.2. The van der Waals surface area contributed by atoms with Gasteiger partial charge in [0, 0.05) is 39.5 Å². The first kappa shape index (κ1) is 32.7. The van der Waals surface area contributed by atoms with Crippen LogP contribution in [0.5, 0.6) is 0 Å². The van der Waals surface area contributed by atoms with Crippen molar-refractivity contribution < 1.29 is 0 Å². The normalized spacial score (nSPS) is 12.7. The number of benzene rings is 9. The van der Waals surface area contributed by atoms with E-state index in [0.29, 0.717) is 0 Å². The Hall–Kier alpha value is -6.90. The Bertz CT molecular complexity index is 2750. The maximum absolute atomic E-state index is 2.45. The summed E-state index contributed by atoms with van der Waals surface area (Å²) in [5.41, 5.74) is 14.2. The second-order valence-corrected chi connectivity index (χ2v) is 15.0. The molecule has 9 aromatic rings. The van der Waals surface area contributed by atoms with Crippen LogP contribution in [-0.2, 0) is 5.41 Å². The summed E-state index contributed by atoms with van der Waals surface area (Å²) in [6.07, 6.45) is 0. The molecule has 55 heavy (non-hydrogen) atoms. The summed E-state index contributed by atoms with van der Waals surface area (Å²) < 4.78 is 0. The lowest BCUT2D eigenvalue weighted by Crippen LogP contribution is -2.17. The Morgan fingerprint density at radius 3 is 1.16 bits per heavy atom. The lowest BCUT2D eigenvalue weighted by molar-refractivity contribution is 0.663. The first-order chi connectivity index (χ1) is 27.0. The lowest BCUT2D eigenvalue weighted by Gasteiger charge is -2.30. The Labute approximate surface area is 323 Å². The highest BCUT2D eigenvalue weighted by Crippen LogP contribution is 2.52. The van der Waals surface area contributed by atoms with E-state index >= 15 is 0 Å². The number of rotatable bonds is 8. The Balaban J connectivity index is 1.12. The predicted molar refractivity (Wildman–Crippen MR) is 234 cm³/mol. The highest BCUT2D eigenvalue weighted by Gasteiger charge is 2.35. The Morgan fingerprint density at radius 1 is 0.291 bits per heavy atom. The molecule has 9 aromatic carbocycles. The fourth-order valence-corrected chi connectivity index (χ4v) is 8.60. The van der Waals surface area contributed by atoms with Gasteiger partial charge in [-0.05, 0) is 140 Å². The zero-order valence-corrected chi connectivity index (χ0v) is 31.0. The van der Waals surface area contributed by atoms with Crippen molar-refractivity contribution in [2.45, 2.75) is 19.3 Å². The van der Waals surface area contributed by atoms with E-state index in [1.54, 1.807) is 0 Å². The van der Waals surface area contributed by atoms with Crippen LogP contribution in [-0.4, -0.2) is 0 Å². The summed E-state index contributed by atoms with van der Waals surface area (Å²) in [5, 5.41) is 5.32. The molecule has 2 nitrogen and oxygen atoms in total. The third-order valence-corrected chi connectivity index (χ3v) is 11.4. The van der Waals surface area contributed by atoms with Crippen LogP contribution in [0.1, 0.15) is 25.0 Å². The van der Waals surface area contributed by atoms with Crippen LogP contribution in [0.4, 0.5) is 34.1 Å². The van der Waals surface area contributed by atoms with Crippen molar-refractivity contribution in [3.05, 3.63) is 217 Å². The third-order valence-electron chi connectivity index (χ3n) is 11.4. The van der Waals surface area contributed by atoms with Crippen LogP contribution in [0.25, 0.3) is 43.8 Å². The fraction of sp³-hybridized carbons (Fsp3) is 0.0566. The monoisotopic (exact) mass is 704 g/mol. The molecule has 0 unspecified atom stereocenters. The van der Waals surface area contributed by atoms with E-state index in [1.165, 1.54) is 54.9 Å². The second-order valence-electron chi connectivity index (χ2n) is 15.0. The fourth-order valence-electron chi connectivity index (χ4n) is 8.60. The molecule has 0 saturated carbocycles. The lowest BCUT2D eigenvalue weighted by atomic mass is 9.80. The molecule has 0 saturated heterocycles. The maximum atomic E-state index is 2.45. The van der Waals surface area contributed by atoms with E-state index in [0.717, 1.165) is 34.1 Å². The van der Waals surface area contributed by atoms with Crippen molar-refractivity contribution in [1.82, 2.24) is 0 Å². The largest absolute Gasteiger partial charge is 0.311 e. The van der Waals surface area contributed by atoms with E-state index in [1.807, 2.05) is 0 Å². The van der Waals surface area contributed by atoms with Crippen molar-refractivity contribution in [2.75, 3.05) is 9.80 Å². The third kappa shape index (κ3) is 5.66. The molecule has 0 aromatic heterocycles. The van der Waals surface area contributed by atoms with Gasteiger partial charge in [-0.25, -0.2) is 0 Å². The Kier molecular flexibility index (Phi) is 7.85. The summed E-state index contributed by atoms with van der Waals surface area (Å²) in [4.78, 5) is 4.73. The molecule has 10 rings (SSSR count). The zero-order valence-electron chi connectivity index (χ0n) is 31.0. The molecule has 0 heterocycles. The zero-order chi connectivity index (χ0) is 36.9. The van der Waals surface area contributed by atoms with E-state index in [4.69, 9.17) is 0 Å². The van der Waals surface area contributed by atoms with Crippen molar-refractivity contribution in [3.8, 4) is 22.3 Å². The molecule has 0 bridgehead atoms. The van der Waals surface area contributed by atoms with Crippen molar-refractivity contribution >= 4 is 55.7 Å². The van der Waals surface area contributed by atoms with Gasteiger partial charge in [-0.15, -0.1) is 0 Å². The quantitative estimate of drug-likeness (QED) is 0.145. The van der Waals surface area contributed by atoms with Crippen LogP contribution in [0.2, 0.25) is 0 Å². The van der Waals surface area contributed by atoms with Gasteiger partial charge in [0.2, 0.25) is 0 Å². The molecule has 1 aliphatic rings. The average molecular weight is 705 g/mol. The molecule has 262 valence electrons. The summed E-state index contributed by atoms with van der Waals surface area (Å²) in [6, 6.07) is 74.9. The molecule has 0 amide bonds. The first-order valence-corrected chi connectivity index (χ1v) is 19.1. The predicted octanol–water partition coefficient (Wildman–Crippen LogP) is 14.9. The molecule has 0 N–H and O–H groups in total. The van der Waals surface area contributed by atoms with Gasteiger partial charge in [0.25, 0.3) is 0 Å². The molecule has 0 radical (unpaired) electrons. The van der Waals surface area contributed by atoms with Gasteiger partial charge < -0.3 is 9.80 Å². The Morgan fingerprint density at radius 2 is 0.655 bits per heavy atom. The van der Waals surface area contributed by atoms with Crippen LogP contribution in [0, 0.1) is 0 Å². The maximum Gasteiger partial charge on any atom is 0.0471 e. The van der Waals surface area contributed by atoms with Crippen LogP contribution in [0.3, 0.4) is 0 Å². The first-order valence-electron chi connectivity index (χ1n) is 19.1. The standard InChI is InChI=1S/C53H40N2/c1-53(2)49-35-42(38-17-9-4-10-18-38)33-40-23-24-41-34-48(36-50(53)52(41)51(40)49)55(45-27-25-39(26-28-45)37-15-7-3-8-16-37)47-31-29-46(30-32-47)54(43-19-11-5-12-20-43)44-21-13-6-14-22-44/h3-36H,1-2H3. The molecular weight excluding hydrogens is 665 g/mol. The van der Waals surface area contributed by atoms with Crippen molar-refractivity contribution in [3.63, 3.8) is 0 Å². The molecule has 1 aliphatic carbocycles. The summed E-state index contributed by atoms with van der Waals surface area (Å²) in [5.74, 6) is 0. The summed E-state index contributed by atoms with van der Waals surface area (Å²) >= 11 is 0. The number of para-hydroxylation sites is 2. The minimum atomic E-state index is -0.181. The minimum absolute atomic E-state index is 0.181. The number of nitrogens with zero attached hydrogens (tertiary/aromatic N) is 2. The van der Waals surface area contributed by atoms with Crippen molar-refractivity contribution in [1.29, 1.82) is 0 Å². The van der Waals surface area contributed by atoms with Crippen molar-refractivity contribution in [2.24, 2.45) is 0 Å². The van der Waals surface area contributed by atoms with Gasteiger partial charge in [-0.2, -0.15) is 0 Å². The van der Waals surface area contributed by atoms with Crippen LogP contribution >= 0.6 is 0 Å². The van der Waals surface area contributed by atoms with Gasteiger partial charge in [0.15, 0.2) is 0 Å². The van der Waals surface area contributed by atoms with E-state index in [-0.39, 0.29) is 5.41 Å². The van der Waals surface area contributed by atoms with E-state index < -0.39 is 0 Å². The number of anilines is 6. The van der Waals surface area contributed by atoms with Gasteiger partial charge in [-0.1, -0.05) is 135 Å². The molecule has 0 atom stereocenters. The average Bonchev–Trinajstić information content (AvgIpc) is 3.48. The van der Waals surface area contributed by atoms with Crippen LogP contribution in [0.15, 0.2) is 206 Å². The van der Waals surface area contributed by atoms with E-state index in [9.17, 15) is 0 Å². The van der Waals surface area contributed by atoms with Gasteiger partial charge in [0.05, 0.1) is 0 Å². The molecule has 0 aliphatic heterocycles. The number of hydrogen-bond acceptors (Lipinski definition) is 2. The topological polar surface area (TPSA) is 6.48 Å². The summed E-state index contributed by atoms with van der Waals surface area (Å²) in [7, 11) is 0. The minimum Gasteiger partial charge on any atom is -0.311 e. The number of hydrogen-bond donors (Lipinski definition) is 0. The SMILES string of the molecule is CC1(C)c2cc(-c3ccccc3)cc3ccc4cc(N(c5ccc(-c6ccccc6)cc5)c5ccc(N(c6ccccc6)c6ccccc6)cc5)cc1c4c23. The second kappa shape index (κ2) is 13.2. The van der Waals surface area contributed by atoms with Gasteiger partial charge in [-0.3, -0.25) is 0 Å².